The minimum absolute atomic E-state index is 0.0145. The summed E-state index contributed by atoms with van der Waals surface area (Å²) in [6, 6.07) is 8.79. The molecule has 0 aliphatic heterocycles. The molecular formula is C12H9N5O2. The highest BCUT2D eigenvalue weighted by Crippen LogP contribution is 2.10. The van der Waals surface area contributed by atoms with Crippen LogP contribution in [-0.4, -0.2) is 26.2 Å². The van der Waals surface area contributed by atoms with Crippen molar-refractivity contribution in [3.05, 3.63) is 41.9 Å². The fraction of sp³-hybridized carbons (Fsp3) is 0.0833. The van der Waals surface area contributed by atoms with Crippen LogP contribution in [-0.2, 0) is 0 Å². The van der Waals surface area contributed by atoms with Crippen molar-refractivity contribution in [1.29, 1.82) is 0 Å². The standard InChI is InChI=1S/C12H9N5O2/c1-7-6-10(17-19-7)14-12(18)11-13-8-4-2-3-5-9(8)15-16-11/h2-6H,1H3,(H,14,17,18). The molecule has 0 spiro atoms. The van der Waals surface area contributed by atoms with Crippen LogP contribution in [0.15, 0.2) is 34.9 Å². The predicted octanol–water partition coefficient (Wildman–Crippen LogP) is 1.57. The third kappa shape index (κ3) is 2.25. The molecular weight excluding hydrogens is 246 g/mol. The summed E-state index contributed by atoms with van der Waals surface area (Å²) < 4.78 is 4.85. The number of aromatic nitrogens is 4. The molecule has 7 nitrogen and oxygen atoms in total. The van der Waals surface area contributed by atoms with Gasteiger partial charge in [-0.15, -0.1) is 10.2 Å². The molecule has 0 saturated carbocycles. The summed E-state index contributed by atoms with van der Waals surface area (Å²) in [7, 11) is 0. The van der Waals surface area contributed by atoms with Crippen LogP contribution in [0.25, 0.3) is 11.0 Å². The normalized spacial score (nSPS) is 10.6. The fourth-order valence-electron chi connectivity index (χ4n) is 1.57. The van der Waals surface area contributed by atoms with Crippen LogP contribution in [0.4, 0.5) is 5.82 Å². The number of hydrogen-bond donors (Lipinski definition) is 1. The van der Waals surface area contributed by atoms with E-state index in [0.717, 1.165) is 0 Å². The average molecular weight is 255 g/mol. The molecule has 7 heteroatoms. The van der Waals surface area contributed by atoms with Crippen molar-refractivity contribution in [3.8, 4) is 0 Å². The van der Waals surface area contributed by atoms with Crippen LogP contribution in [0.2, 0.25) is 0 Å². The van der Waals surface area contributed by atoms with Crippen molar-refractivity contribution in [3.63, 3.8) is 0 Å². The van der Waals surface area contributed by atoms with Gasteiger partial charge < -0.3 is 9.84 Å². The zero-order chi connectivity index (χ0) is 13.2. The lowest BCUT2D eigenvalue weighted by Gasteiger charge is -2.00. The molecule has 2 heterocycles. The van der Waals surface area contributed by atoms with Crippen LogP contribution >= 0.6 is 0 Å². The first kappa shape index (κ1) is 11.3. The second kappa shape index (κ2) is 4.45. The maximum Gasteiger partial charge on any atom is 0.296 e. The van der Waals surface area contributed by atoms with Crippen molar-refractivity contribution in [2.45, 2.75) is 6.92 Å². The summed E-state index contributed by atoms with van der Waals surface area (Å²) in [5.74, 6) is 0.429. The molecule has 19 heavy (non-hydrogen) atoms. The Morgan fingerprint density at radius 3 is 2.74 bits per heavy atom. The second-order valence-corrected chi connectivity index (χ2v) is 3.90. The maximum absolute atomic E-state index is 11.9. The zero-order valence-corrected chi connectivity index (χ0v) is 9.99. The van der Waals surface area contributed by atoms with Gasteiger partial charge in [-0.2, -0.15) is 0 Å². The Balaban J connectivity index is 1.89. The van der Waals surface area contributed by atoms with E-state index < -0.39 is 5.91 Å². The zero-order valence-electron chi connectivity index (χ0n) is 9.99. The van der Waals surface area contributed by atoms with Gasteiger partial charge in [-0.1, -0.05) is 17.3 Å². The van der Waals surface area contributed by atoms with E-state index in [4.69, 9.17) is 4.52 Å². The summed E-state index contributed by atoms with van der Waals surface area (Å²) in [6.07, 6.45) is 0. The van der Waals surface area contributed by atoms with Crippen LogP contribution in [0.5, 0.6) is 0 Å². The number of aryl methyl sites for hydroxylation is 1. The summed E-state index contributed by atoms with van der Waals surface area (Å²) in [6.45, 7) is 1.73. The summed E-state index contributed by atoms with van der Waals surface area (Å²) in [5.41, 5.74) is 1.25. The van der Waals surface area contributed by atoms with Crippen LogP contribution in [0, 0.1) is 6.92 Å². The first-order chi connectivity index (χ1) is 9.22. The first-order valence-electron chi connectivity index (χ1n) is 5.56. The van der Waals surface area contributed by atoms with Crippen molar-refractivity contribution in [1.82, 2.24) is 20.3 Å². The fourth-order valence-corrected chi connectivity index (χ4v) is 1.57. The van der Waals surface area contributed by atoms with Gasteiger partial charge >= 0.3 is 0 Å². The molecule has 0 unspecified atom stereocenters. The molecule has 0 aliphatic rings. The van der Waals surface area contributed by atoms with Crippen molar-refractivity contribution in [2.24, 2.45) is 0 Å². The highest BCUT2D eigenvalue weighted by molar-refractivity contribution is 6.01. The number of carbonyl (C=O) groups is 1. The number of nitrogens with zero attached hydrogens (tertiary/aromatic N) is 4. The van der Waals surface area contributed by atoms with Gasteiger partial charge in [0.05, 0.1) is 5.52 Å². The van der Waals surface area contributed by atoms with E-state index in [0.29, 0.717) is 22.6 Å². The number of carbonyl (C=O) groups excluding carboxylic acids is 1. The monoisotopic (exact) mass is 255 g/mol. The molecule has 0 radical (unpaired) electrons. The van der Waals surface area contributed by atoms with Gasteiger partial charge in [0.2, 0.25) is 5.82 Å². The van der Waals surface area contributed by atoms with E-state index >= 15 is 0 Å². The number of benzene rings is 1. The molecule has 0 fully saturated rings. The van der Waals surface area contributed by atoms with Gasteiger partial charge in [0, 0.05) is 6.07 Å². The summed E-state index contributed by atoms with van der Waals surface area (Å²) in [4.78, 5) is 16.0. The number of nitrogens with one attached hydrogen (secondary N) is 1. The SMILES string of the molecule is Cc1cc(NC(=O)c2nnc3ccccc3n2)no1. The Labute approximate surface area is 107 Å². The van der Waals surface area contributed by atoms with Gasteiger partial charge in [0.15, 0.2) is 5.82 Å². The van der Waals surface area contributed by atoms with E-state index in [1.807, 2.05) is 12.1 Å². The molecule has 94 valence electrons. The highest BCUT2D eigenvalue weighted by Gasteiger charge is 2.13. The van der Waals surface area contributed by atoms with Crippen molar-refractivity contribution in [2.75, 3.05) is 5.32 Å². The van der Waals surface area contributed by atoms with E-state index in [9.17, 15) is 4.79 Å². The molecule has 3 rings (SSSR count). The molecule has 0 aliphatic carbocycles. The van der Waals surface area contributed by atoms with E-state index in [2.05, 4.69) is 25.7 Å². The number of rotatable bonds is 2. The van der Waals surface area contributed by atoms with Crippen LogP contribution < -0.4 is 5.32 Å². The maximum atomic E-state index is 11.9. The number of amides is 1. The Kier molecular flexibility index (Phi) is 2.64. The third-order valence-corrected chi connectivity index (χ3v) is 2.43. The molecule has 2 aromatic heterocycles. The Bertz CT molecular complexity index is 752. The Morgan fingerprint density at radius 2 is 2.00 bits per heavy atom. The average Bonchev–Trinajstić information content (AvgIpc) is 2.83. The lowest BCUT2D eigenvalue weighted by Crippen LogP contribution is -2.16. The largest absolute Gasteiger partial charge is 0.360 e. The second-order valence-electron chi connectivity index (χ2n) is 3.90. The quantitative estimate of drug-likeness (QED) is 0.747. The van der Waals surface area contributed by atoms with Crippen molar-refractivity contribution >= 4 is 22.8 Å². The first-order valence-corrected chi connectivity index (χ1v) is 5.56. The van der Waals surface area contributed by atoms with E-state index in [1.165, 1.54) is 0 Å². The number of hydrogen-bond acceptors (Lipinski definition) is 6. The number of para-hydroxylation sites is 1. The van der Waals surface area contributed by atoms with Gasteiger partial charge in [0.1, 0.15) is 11.3 Å². The molecule has 3 aromatic rings. The number of fused-ring (bicyclic) bond motifs is 1. The highest BCUT2D eigenvalue weighted by atomic mass is 16.5. The lowest BCUT2D eigenvalue weighted by atomic mass is 10.3. The van der Waals surface area contributed by atoms with Gasteiger partial charge in [-0.3, -0.25) is 4.79 Å². The van der Waals surface area contributed by atoms with Gasteiger partial charge in [-0.05, 0) is 19.1 Å². The van der Waals surface area contributed by atoms with Gasteiger partial charge in [-0.25, -0.2) is 4.98 Å². The van der Waals surface area contributed by atoms with Gasteiger partial charge in [0.25, 0.3) is 5.91 Å². The predicted molar refractivity (Wildman–Crippen MR) is 66.5 cm³/mol. The smallest absolute Gasteiger partial charge is 0.296 e. The van der Waals surface area contributed by atoms with E-state index in [1.54, 1.807) is 25.1 Å². The topological polar surface area (TPSA) is 93.8 Å². The summed E-state index contributed by atoms with van der Waals surface area (Å²) >= 11 is 0. The molecule has 0 bridgehead atoms. The Morgan fingerprint density at radius 1 is 1.21 bits per heavy atom. The molecule has 0 atom stereocenters. The van der Waals surface area contributed by atoms with Crippen molar-refractivity contribution < 1.29 is 9.32 Å². The molecule has 1 N–H and O–H groups in total. The van der Waals surface area contributed by atoms with Crippen LogP contribution in [0.3, 0.4) is 0 Å². The molecule has 1 amide bonds. The minimum Gasteiger partial charge on any atom is -0.360 e. The Hall–Kier alpha value is -2.83. The summed E-state index contributed by atoms with van der Waals surface area (Å²) in [5, 5.41) is 13.9. The van der Waals surface area contributed by atoms with Crippen LogP contribution in [0.1, 0.15) is 16.4 Å². The molecule has 0 saturated heterocycles. The molecule has 1 aromatic carbocycles. The third-order valence-electron chi connectivity index (χ3n) is 2.43. The number of anilines is 1. The lowest BCUT2D eigenvalue weighted by molar-refractivity contribution is 0.101. The minimum atomic E-state index is -0.480. The van der Waals surface area contributed by atoms with E-state index in [-0.39, 0.29) is 5.82 Å².